The van der Waals surface area contributed by atoms with E-state index in [0.29, 0.717) is 0 Å². The van der Waals surface area contributed by atoms with Crippen LogP contribution in [-0.4, -0.2) is 18.9 Å². The van der Waals surface area contributed by atoms with Crippen LogP contribution in [0, 0.1) is 0 Å². The predicted molar refractivity (Wildman–Crippen MR) is 39.2 cm³/mol. The summed E-state index contributed by atoms with van der Waals surface area (Å²) in [5, 5.41) is -9.32. The molecule has 0 spiro atoms. The Bertz CT molecular complexity index is 292. The molecule has 0 saturated carbocycles. The lowest BCUT2D eigenvalue weighted by Gasteiger charge is -2.17. The van der Waals surface area contributed by atoms with Crippen molar-refractivity contribution in [1.82, 2.24) is 0 Å². The van der Waals surface area contributed by atoms with Gasteiger partial charge in [-0.05, 0) is 12.2 Å². The first-order chi connectivity index (χ1) is 5.62. The molecule has 0 saturated heterocycles. The molecule has 0 aromatic rings. The van der Waals surface area contributed by atoms with E-state index in [1.807, 2.05) is 0 Å². The average Bonchev–Trinajstić information content (AvgIpc) is 2.03. The minimum absolute atomic E-state index is 0.361. The lowest BCUT2D eigenvalue weighted by molar-refractivity contribution is 0.0999. The maximum Gasteiger partial charge on any atom is 0.370 e. The van der Waals surface area contributed by atoms with Gasteiger partial charge in [-0.3, -0.25) is 0 Å². The third kappa shape index (κ3) is 1.74. The van der Waals surface area contributed by atoms with Crippen molar-refractivity contribution in [1.29, 1.82) is 0 Å². The number of hydrogen-bond acceptors (Lipinski definition) is 2. The van der Waals surface area contributed by atoms with Gasteiger partial charge < -0.3 is 0 Å². The van der Waals surface area contributed by atoms with E-state index in [1.54, 1.807) is 0 Å². The molecule has 0 atom stereocenters. The minimum atomic E-state index is -5.94. The van der Waals surface area contributed by atoms with Gasteiger partial charge >= 0.3 is 10.5 Å². The zero-order valence-corrected chi connectivity index (χ0v) is 7.12. The summed E-state index contributed by atoms with van der Waals surface area (Å²) in [5.41, 5.74) is 0. The second kappa shape index (κ2) is 3.13. The van der Waals surface area contributed by atoms with Crippen LogP contribution in [0.1, 0.15) is 0 Å². The molecular formula is C6H6F4O2S. The van der Waals surface area contributed by atoms with E-state index in [-0.39, 0.29) is 12.2 Å². The van der Waals surface area contributed by atoms with Gasteiger partial charge in [0.2, 0.25) is 0 Å². The largest absolute Gasteiger partial charge is 0.370 e. The van der Waals surface area contributed by atoms with Gasteiger partial charge in [0.15, 0.2) is 0 Å². The molecule has 13 heavy (non-hydrogen) atoms. The van der Waals surface area contributed by atoms with Crippen molar-refractivity contribution < 1.29 is 26.0 Å². The van der Waals surface area contributed by atoms with Gasteiger partial charge in [-0.1, -0.05) is 13.2 Å². The molecule has 0 amide bonds. The van der Waals surface area contributed by atoms with E-state index in [1.165, 1.54) is 0 Å². The molecule has 0 fully saturated rings. The second-order valence-corrected chi connectivity index (χ2v) is 4.13. The lowest BCUT2D eigenvalue weighted by Crippen LogP contribution is -2.39. The van der Waals surface area contributed by atoms with Crippen molar-refractivity contribution in [2.75, 3.05) is 0 Å². The van der Waals surface area contributed by atoms with Gasteiger partial charge in [0, 0.05) is 0 Å². The maximum absolute atomic E-state index is 12.4. The summed E-state index contributed by atoms with van der Waals surface area (Å²) in [6, 6.07) is 0. The SMILES string of the molecule is C=CC(F)(F)S(=O)(=O)C(F)(F)C=C. The Labute approximate surface area is 72.5 Å². The van der Waals surface area contributed by atoms with Crippen LogP contribution in [0.5, 0.6) is 0 Å². The number of sulfone groups is 1. The van der Waals surface area contributed by atoms with Crippen LogP contribution in [-0.2, 0) is 9.84 Å². The first-order valence-corrected chi connectivity index (χ1v) is 4.37. The first-order valence-electron chi connectivity index (χ1n) is 2.89. The number of rotatable bonds is 4. The Morgan fingerprint density at radius 1 is 0.923 bits per heavy atom. The Kier molecular flexibility index (Phi) is 2.93. The topological polar surface area (TPSA) is 34.1 Å². The molecule has 0 aromatic carbocycles. The molecule has 0 unspecified atom stereocenters. The summed E-state index contributed by atoms with van der Waals surface area (Å²) in [4.78, 5) is 0. The van der Waals surface area contributed by atoms with E-state index in [9.17, 15) is 26.0 Å². The Balaban J connectivity index is 5.48. The Morgan fingerprint density at radius 3 is 1.31 bits per heavy atom. The Morgan fingerprint density at radius 2 is 1.15 bits per heavy atom. The summed E-state index contributed by atoms with van der Waals surface area (Å²) in [5.74, 6) is 0. The quantitative estimate of drug-likeness (QED) is 0.534. The Hall–Kier alpha value is -0.850. The third-order valence-electron chi connectivity index (χ3n) is 1.19. The van der Waals surface area contributed by atoms with E-state index in [4.69, 9.17) is 0 Å². The molecule has 76 valence electrons. The first kappa shape index (κ1) is 12.2. The fourth-order valence-electron chi connectivity index (χ4n) is 0.401. The lowest BCUT2D eigenvalue weighted by atomic mass is 10.7. The van der Waals surface area contributed by atoms with Crippen molar-refractivity contribution in [2.45, 2.75) is 10.5 Å². The molecule has 0 radical (unpaired) electrons. The van der Waals surface area contributed by atoms with Gasteiger partial charge in [0.25, 0.3) is 9.84 Å². The fourth-order valence-corrected chi connectivity index (χ4v) is 1.20. The van der Waals surface area contributed by atoms with Crippen LogP contribution in [0.4, 0.5) is 17.6 Å². The summed E-state index contributed by atoms with van der Waals surface area (Å²) in [6.07, 6.45) is -0.723. The van der Waals surface area contributed by atoms with Crippen LogP contribution in [0.15, 0.2) is 25.3 Å². The van der Waals surface area contributed by atoms with E-state index >= 15 is 0 Å². The van der Waals surface area contributed by atoms with Gasteiger partial charge in [0.05, 0.1) is 0 Å². The number of halogens is 4. The molecule has 7 heteroatoms. The summed E-state index contributed by atoms with van der Waals surface area (Å²) in [6.45, 7) is 4.90. The highest BCUT2D eigenvalue weighted by molar-refractivity contribution is 7.93. The van der Waals surface area contributed by atoms with Crippen molar-refractivity contribution in [3.05, 3.63) is 25.3 Å². The second-order valence-electron chi connectivity index (χ2n) is 2.04. The van der Waals surface area contributed by atoms with Crippen LogP contribution in [0.25, 0.3) is 0 Å². The summed E-state index contributed by atoms with van der Waals surface area (Å²) < 4.78 is 70.5. The molecule has 0 N–H and O–H groups in total. The van der Waals surface area contributed by atoms with Gasteiger partial charge in [0.1, 0.15) is 0 Å². The molecule has 0 bridgehead atoms. The highest BCUT2D eigenvalue weighted by atomic mass is 32.2. The molecule has 0 heterocycles. The fraction of sp³-hybridized carbons (Fsp3) is 0.333. The summed E-state index contributed by atoms with van der Waals surface area (Å²) >= 11 is 0. The van der Waals surface area contributed by atoms with Crippen LogP contribution in [0.3, 0.4) is 0 Å². The number of hydrogen-bond donors (Lipinski definition) is 0. The number of alkyl halides is 4. The normalized spacial score (nSPS) is 13.8. The zero-order chi connectivity index (χ0) is 10.9. The van der Waals surface area contributed by atoms with Crippen molar-refractivity contribution >= 4 is 9.84 Å². The smallest absolute Gasteiger partial charge is 0.216 e. The molecule has 0 aliphatic carbocycles. The molecule has 0 rings (SSSR count). The van der Waals surface area contributed by atoms with Crippen molar-refractivity contribution in [2.24, 2.45) is 0 Å². The zero-order valence-electron chi connectivity index (χ0n) is 6.31. The van der Waals surface area contributed by atoms with Gasteiger partial charge in [-0.15, -0.1) is 0 Å². The third-order valence-corrected chi connectivity index (χ3v) is 2.96. The monoisotopic (exact) mass is 218 g/mol. The highest BCUT2D eigenvalue weighted by Crippen LogP contribution is 2.36. The van der Waals surface area contributed by atoms with E-state index in [2.05, 4.69) is 13.2 Å². The molecular weight excluding hydrogens is 212 g/mol. The van der Waals surface area contributed by atoms with Crippen LogP contribution in [0.2, 0.25) is 0 Å². The minimum Gasteiger partial charge on any atom is -0.216 e. The summed E-state index contributed by atoms with van der Waals surface area (Å²) in [7, 11) is -5.94. The average molecular weight is 218 g/mol. The predicted octanol–water partition coefficient (Wildman–Crippen LogP) is 1.96. The van der Waals surface area contributed by atoms with Crippen LogP contribution < -0.4 is 0 Å². The van der Waals surface area contributed by atoms with Crippen LogP contribution >= 0.6 is 0 Å². The molecule has 0 aliphatic heterocycles. The standard InChI is InChI=1S/C6H6F4O2S/c1-3-5(7,8)13(11,12)6(9,10)4-2/h3-4H,1-2H2. The molecule has 0 aromatic heterocycles. The molecule has 0 aliphatic rings. The van der Waals surface area contributed by atoms with Crippen molar-refractivity contribution in [3.8, 4) is 0 Å². The van der Waals surface area contributed by atoms with Gasteiger partial charge in [-0.25, -0.2) is 8.42 Å². The maximum atomic E-state index is 12.4. The highest BCUT2D eigenvalue weighted by Gasteiger charge is 2.57. The molecule has 2 nitrogen and oxygen atoms in total. The van der Waals surface area contributed by atoms with Gasteiger partial charge in [-0.2, -0.15) is 17.6 Å². The van der Waals surface area contributed by atoms with Crippen molar-refractivity contribution in [3.63, 3.8) is 0 Å². The van der Waals surface area contributed by atoms with E-state index in [0.717, 1.165) is 0 Å². The van der Waals surface area contributed by atoms with E-state index < -0.39 is 20.3 Å².